The number of rotatable bonds is 7. The Balaban J connectivity index is 1.10. The van der Waals surface area contributed by atoms with Crippen molar-refractivity contribution in [3.63, 3.8) is 0 Å². The van der Waals surface area contributed by atoms with Crippen LogP contribution in [-0.4, -0.2) is 73.9 Å². The SMILES string of the molecule is CN1CCN(Cc2ccc(C(=O)Nc3nc4ccc(Oc5nccc(-c6cccnc6)n5)cc4[nH]3)cc2)CC1. The monoisotopic (exact) mass is 520 g/mol. The molecule has 1 fully saturated rings. The molecule has 196 valence electrons. The minimum atomic E-state index is -0.225. The molecule has 39 heavy (non-hydrogen) atoms. The summed E-state index contributed by atoms with van der Waals surface area (Å²) >= 11 is 0. The van der Waals surface area contributed by atoms with E-state index in [1.54, 1.807) is 36.8 Å². The summed E-state index contributed by atoms with van der Waals surface area (Å²) in [6.45, 7) is 5.17. The third-order valence-corrected chi connectivity index (χ3v) is 6.70. The van der Waals surface area contributed by atoms with Crippen LogP contribution in [0.5, 0.6) is 11.8 Å². The van der Waals surface area contributed by atoms with Gasteiger partial charge in [-0.25, -0.2) is 9.97 Å². The van der Waals surface area contributed by atoms with Crippen molar-refractivity contribution in [3.8, 4) is 23.0 Å². The lowest BCUT2D eigenvalue weighted by Crippen LogP contribution is -2.43. The van der Waals surface area contributed by atoms with Gasteiger partial charge < -0.3 is 14.6 Å². The van der Waals surface area contributed by atoms with E-state index in [0.717, 1.165) is 38.3 Å². The van der Waals surface area contributed by atoms with E-state index in [1.165, 1.54) is 5.56 Å². The maximum Gasteiger partial charge on any atom is 0.322 e. The van der Waals surface area contributed by atoms with Gasteiger partial charge in [0, 0.05) is 68.5 Å². The maximum atomic E-state index is 12.9. The van der Waals surface area contributed by atoms with Gasteiger partial charge in [-0.3, -0.25) is 20.0 Å². The number of nitrogens with one attached hydrogen (secondary N) is 2. The van der Waals surface area contributed by atoms with Gasteiger partial charge in [-0.15, -0.1) is 0 Å². The zero-order valence-corrected chi connectivity index (χ0v) is 21.5. The van der Waals surface area contributed by atoms with Crippen molar-refractivity contribution in [2.24, 2.45) is 0 Å². The van der Waals surface area contributed by atoms with E-state index in [2.05, 4.69) is 47.1 Å². The normalized spacial score (nSPS) is 14.4. The smallest absolute Gasteiger partial charge is 0.322 e. The number of carbonyl (C=O) groups excluding carboxylic acids is 1. The van der Waals surface area contributed by atoms with E-state index in [4.69, 9.17) is 4.74 Å². The molecule has 0 radical (unpaired) electrons. The number of hydrogen-bond donors (Lipinski definition) is 2. The van der Waals surface area contributed by atoms with E-state index in [-0.39, 0.29) is 11.9 Å². The van der Waals surface area contributed by atoms with Gasteiger partial charge in [0.2, 0.25) is 5.95 Å². The zero-order chi connectivity index (χ0) is 26.6. The molecular weight excluding hydrogens is 492 g/mol. The molecule has 0 saturated carbocycles. The highest BCUT2D eigenvalue weighted by Gasteiger charge is 2.15. The Morgan fingerprint density at radius 1 is 1.00 bits per heavy atom. The van der Waals surface area contributed by atoms with Crippen LogP contribution in [0.1, 0.15) is 15.9 Å². The molecule has 1 amide bonds. The number of amides is 1. The third-order valence-electron chi connectivity index (χ3n) is 6.70. The fraction of sp³-hybridized carbons (Fsp3) is 0.207. The van der Waals surface area contributed by atoms with Crippen LogP contribution in [0.15, 0.2) is 79.3 Å². The van der Waals surface area contributed by atoms with E-state index >= 15 is 0 Å². The largest absolute Gasteiger partial charge is 0.424 e. The lowest BCUT2D eigenvalue weighted by molar-refractivity contribution is 0.102. The second-order valence-corrected chi connectivity index (χ2v) is 9.56. The number of piperazine rings is 1. The number of aromatic nitrogens is 5. The Morgan fingerprint density at radius 2 is 1.85 bits per heavy atom. The molecule has 10 heteroatoms. The van der Waals surface area contributed by atoms with E-state index in [0.29, 0.717) is 34.0 Å². The number of fused-ring (bicyclic) bond motifs is 1. The molecule has 5 aromatic rings. The van der Waals surface area contributed by atoms with Crippen molar-refractivity contribution in [2.75, 3.05) is 38.5 Å². The average molecular weight is 521 g/mol. The molecule has 1 aliphatic heterocycles. The number of hydrogen-bond acceptors (Lipinski definition) is 8. The second kappa shape index (κ2) is 11.0. The van der Waals surface area contributed by atoms with Gasteiger partial charge in [0.1, 0.15) is 5.75 Å². The van der Waals surface area contributed by atoms with E-state index < -0.39 is 0 Å². The minimum Gasteiger partial charge on any atom is -0.424 e. The number of benzene rings is 2. The summed E-state index contributed by atoms with van der Waals surface area (Å²) in [5.41, 5.74) is 4.78. The van der Waals surface area contributed by atoms with Crippen LogP contribution in [-0.2, 0) is 6.54 Å². The van der Waals surface area contributed by atoms with Crippen molar-refractivity contribution in [2.45, 2.75) is 6.54 Å². The number of anilines is 1. The quantitative estimate of drug-likeness (QED) is 0.328. The molecule has 2 aromatic carbocycles. The van der Waals surface area contributed by atoms with Gasteiger partial charge in [-0.05, 0) is 55.1 Å². The molecule has 2 N–H and O–H groups in total. The molecule has 0 aliphatic carbocycles. The first kappa shape index (κ1) is 24.7. The third kappa shape index (κ3) is 5.92. The molecule has 6 rings (SSSR count). The summed E-state index contributed by atoms with van der Waals surface area (Å²) in [4.78, 5) is 38.1. The maximum absolute atomic E-state index is 12.9. The molecule has 1 saturated heterocycles. The lowest BCUT2D eigenvalue weighted by Gasteiger charge is -2.32. The van der Waals surface area contributed by atoms with Crippen LogP contribution in [0.3, 0.4) is 0 Å². The van der Waals surface area contributed by atoms with Gasteiger partial charge in [0.25, 0.3) is 5.91 Å². The van der Waals surface area contributed by atoms with Crippen molar-refractivity contribution in [3.05, 3.63) is 90.4 Å². The minimum absolute atomic E-state index is 0.222. The number of nitrogens with zero attached hydrogens (tertiary/aromatic N) is 6. The topological polar surface area (TPSA) is 112 Å². The molecule has 0 atom stereocenters. The highest BCUT2D eigenvalue weighted by atomic mass is 16.5. The Hall–Kier alpha value is -4.67. The Labute approximate surface area is 225 Å². The predicted octanol–water partition coefficient (Wildman–Crippen LogP) is 4.21. The summed E-state index contributed by atoms with van der Waals surface area (Å²) in [5.74, 6) is 0.684. The standard InChI is InChI=1S/C29H28N8O2/c1-36-13-15-37(16-14-36)19-20-4-6-21(7-5-20)27(38)35-28-32-25-9-8-23(17-26(25)33-28)39-29-31-12-10-24(34-29)22-3-2-11-30-18-22/h2-12,17-18H,13-16,19H2,1H3,(H2,32,33,35,38). The van der Waals surface area contributed by atoms with Gasteiger partial charge in [-0.2, -0.15) is 4.98 Å². The Bertz CT molecular complexity index is 1580. The number of imidazole rings is 1. The fourth-order valence-electron chi connectivity index (χ4n) is 4.49. The van der Waals surface area contributed by atoms with Crippen LogP contribution in [0.25, 0.3) is 22.3 Å². The van der Waals surface area contributed by atoms with E-state index in [1.807, 2.05) is 42.5 Å². The van der Waals surface area contributed by atoms with Crippen LogP contribution in [0, 0.1) is 0 Å². The summed E-state index contributed by atoms with van der Waals surface area (Å²) in [5, 5.41) is 2.86. The van der Waals surface area contributed by atoms with E-state index in [9.17, 15) is 4.79 Å². The number of likely N-dealkylation sites (N-methyl/N-ethyl adjacent to an activating group) is 1. The van der Waals surface area contributed by atoms with Gasteiger partial charge in [0.05, 0.1) is 16.7 Å². The summed E-state index contributed by atoms with van der Waals surface area (Å²) in [6, 6.07) is 18.9. The number of H-pyrrole nitrogens is 1. The predicted molar refractivity (Wildman–Crippen MR) is 149 cm³/mol. The fourth-order valence-corrected chi connectivity index (χ4v) is 4.49. The molecule has 3 aromatic heterocycles. The number of pyridine rings is 1. The van der Waals surface area contributed by atoms with Crippen LogP contribution < -0.4 is 10.1 Å². The van der Waals surface area contributed by atoms with Crippen LogP contribution in [0.2, 0.25) is 0 Å². The summed E-state index contributed by atoms with van der Waals surface area (Å²) < 4.78 is 5.90. The molecule has 1 aliphatic rings. The van der Waals surface area contributed by atoms with Crippen molar-refractivity contribution >= 4 is 22.9 Å². The van der Waals surface area contributed by atoms with Gasteiger partial charge in [-0.1, -0.05) is 12.1 Å². The molecule has 0 spiro atoms. The summed E-state index contributed by atoms with van der Waals surface area (Å²) in [6.07, 6.45) is 5.10. The first-order valence-electron chi connectivity index (χ1n) is 12.8. The van der Waals surface area contributed by atoms with Crippen molar-refractivity contribution in [1.82, 2.24) is 34.7 Å². The number of ether oxygens (including phenoxy) is 1. The Kier molecular flexibility index (Phi) is 6.94. The summed E-state index contributed by atoms with van der Waals surface area (Å²) in [7, 11) is 2.15. The van der Waals surface area contributed by atoms with Gasteiger partial charge in [0.15, 0.2) is 0 Å². The van der Waals surface area contributed by atoms with Gasteiger partial charge >= 0.3 is 6.01 Å². The molecule has 0 unspecified atom stereocenters. The van der Waals surface area contributed by atoms with Crippen LogP contribution >= 0.6 is 0 Å². The van der Waals surface area contributed by atoms with Crippen molar-refractivity contribution in [1.29, 1.82) is 0 Å². The zero-order valence-electron chi connectivity index (χ0n) is 21.5. The molecular formula is C29H28N8O2. The lowest BCUT2D eigenvalue weighted by atomic mass is 10.1. The molecule has 0 bridgehead atoms. The van der Waals surface area contributed by atoms with Crippen LogP contribution in [0.4, 0.5) is 5.95 Å². The van der Waals surface area contributed by atoms with Crippen molar-refractivity contribution < 1.29 is 9.53 Å². The highest BCUT2D eigenvalue weighted by molar-refractivity contribution is 6.04. The average Bonchev–Trinajstić information content (AvgIpc) is 3.37. The highest BCUT2D eigenvalue weighted by Crippen LogP contribution is 2.25. The number of aromatic amines is 1. The molecule has 4 heterocycles. The first-order chi connectivity index (χ1) is 19.1. The Morgan fingerprint density at radius 3 is 2.64 bits per heavy atom. The number of carbonyl (C=O) groups is 1. The molecule has 10 nitrogen and oxygen atoms in total. The second-order valence-electron chi connectivity index (χ2n) is 9.56. The first-order valence-corrected chi connectivity index (χ1v) is 12.8.